The fraction of sp³-hybridized carbons (Fsp3) is 0.371. The van der Waals surface area contributed by atoms with Gasteiger partial charge >= 0.3 is 5.97 Å². The number of fused-ring (bicyclic) bond motifs is 3. The molecule has 0 aliphatic heterocycles. The Morgan fingerprint density at radius 2 is 1.84 bits per heavy atom. The van der Waals surface area contributed by atoms with Crippen LogP contribution >= 0.6 is 0 Å². The van der Waals surface area contributed by atoms with E-state index in [9.17, 15) is 19.5 Å². The number of benzene rings is 2. The lowest BCUT2D eigenvalue weighted by Gasteiger charge is -2.35. The monoisotopic (exact) mass is 577 g/mol. The fourth-order valence-electron chi connectivity index (χ4n) is 8.10. The lowest BCUT2D eigenvalue weighted by Crippen LogP contribution is -2.41. The predicted molar refractivity (Wildman–Crippen MR) is 162 cm³/mol. The number of carbonyl (C=O) groups excluding carboxylic acids is 2. The maximum Gasteiger partial charge on any atom is 0.355 e. The van der Waals surface area contributed by atoms with Crippen molar-refractivity contribution in [3.8, 4) is 5.69 Å². The topological polar surface area (TPSA) is 111 Å². The molecule has 2 N–H and O–H groups in total. The van der Waals surface area contributed by atoms with Gasteiger partial charge in [-0.3, -0.25) is 14.2 Å². The molecular weight excluding hydrogens is 542 g/mol. The molecule has 2 aromatic heterocycles. The van der Waals surface area contributed by atoms with Crippen molar-refractivity contribution in [3.63, 3.8) is 0 Å². The van der Waals surface area contributed by atoms with Crippen molar-refractivity contribution in [1.82, 2.24) is 14.9 Å². The van der Waals surface area contributed by atoms with Crippen LogP contribution < -0.4 is 10.7 Å². The van der Waals surface area contributed by atoms with E-state index in [1.807, 2.05) is 42.5 Å². The Bertz CT molecular complexity index is 1770. The molecule has 3 saturated carbocycles. The average molecular weight is 578 g/mol. The van der Waals surface area contributed by atoms with Crippen LogP contribution in [0.3, 0.4) is 0 Å². The van der Waals surface area contributed by atoms with Crippen molar-refractivity contribution in [2.24, 2.45) is 17.8 Å². The van der Waals surface area contributed by atoms with Crippen molar-refractivity contribution in [3.05, 3.63) is 106 Å². The number of pyridine rings is 2. The van der Waals surface area contributed by atoms with Gasteiger partial charge in [-0.05, 0) is 98.2 Å². The number of nitrogens with zero attached hydrogens (tertiary/aromatic N) is 2. The fourth-order valence-corrected chi connectivity index (χ4v) is 8.10. The van der Waals surface area contributed by atoms with Crippen LogP contribution in [0.5, 0.6) is 0 Å². The Morgan fingerprint density at radius 1 is 1.05 bits per heavy atom. The summed E-state index contributed by atoms with van der Waals surface area (Å²) in [5.74, 6) is 0.731. The standard InChI is InChI=1S/C35H35N3O5/c1-43-34(41)30-28(31(39)26-8-5-15-36-32(26)38(30)25-6-3-2-4-7-25)17-21-9-11-23(12-10-21)33(40)37-29-13-14-35(42)19-22-16-24(20-35)27(29)18-22/h2-12,15,22,24,27,29,42H,13-14,16-20H2,1H3,(H,37,40)/t22-,24?,27+,29-,35+/m1/s1. The van der Waals surface area contributed by atoms with Gasteiger partial charge in [0.05, 0.1) is 18.1 Å². The first-order chi connectivity index (χ1) is 20.8. The summed E-state index contributed by atoms with van der Waals surface area (Å²) in [7, 11) is 1.30. The van der Waals surface area contributed by atoms with E-state index in [1.54, 1.807) is 35.0 Å². The van der Waals surface area contributed by atoms with Crippen molar-refractivity contribution in [2.45, 2.75) is 56.6 Å². The number of amides is 1. The smallest absolute Gasteiger partial charge is 0.355 e. The summed E-state index contributed by atoms with van der Waals surface area (Å²) in [6, 6.07) is 20.0. The van der Waals surface area contributed by atoms with Gasteiger partial charge < -0.3 is 15.2 Å². The second kappa shape index (κ2) is 10.8. The third-order valence-corrected chi connectivity index (χ3v) is 9.93. The van der Waals surface area contributed by atoms with Crippen LogP contribution in [0.15, 0.2) is 77.7 Å². The first-order valence-electron chi connectivity index (χ1n) is 15.1. The van der Waals surface area contributed by atoms with E-state index in [0.29, 0.717) is 45.6 Å². The van der Waals surface area contributed by atoms with Crippen LogP contribution in [0.25, 0.3) is 16.7 Å². The van der Waals surface area contributed by atoms with E-state index in [1.165, 1.54) is 13.5 Å². The van der Waals surface area contributed by atoms with Gasteiger partial charge in [0, 0.05) is 35.5 Å². The molecule has 43 heavy (non-hydrogen) atoms. The Kier molecular flexibility index (Phi) is 6.89. The highest BCUT2D eigenvalue weighted by Crippen LogP contribution is 2.55. The van der Waals surface area contributed by atoms with Gasteiger partial charge in [-0.15, -0.1) is 0 Å². The largest absolute Gasteiger partial charge is 0.464 e. The number of para-hydroxylation sites is 1. The number of aliphatic hydroxyl groups is 1. The van der Waals surface area contributed by atoms with Gasteiger partial charge in [-0.25, -0.2) is 9.78 Å². The van der Waals surface area contributed by atoms with Crippen LogP contribution in [0.2, 0.25) is 0 Å². The maximum absolute atomic E-state index is 13.8. The second-order valence-corrected chi connectivity index (χ2v) is 12.6. The molecule has 2 heterocycles. The molecule has 3 aliphatic rings. The van der Waals surface area contributed by atoms with Gasteiger partial charge in [0.1, 0.15) is 11.3 Å². The molecule has 0 saturated heterocycles. The van der Waals surface area contributed by atoms with Gasteiger partial charge in [0.25, 0.3) is 5.91 Å². The Morgan fingerprint density at radius 3 is 2.60 bits per heavy atom. The second-order valence-electron chi connectivity index (χ2n) is 12.6. The summed E-state index contributed by atoms with van der Waals surface area (Å²) in [4.78, 5) is 44.8. The summed E-state index contributed by atoms with van der Waals surface area (Å²) >= 11 is 0. The van der Waals surface area contributed by atoms with E-state index in [2.05, 4.69) is 10.3 Å². The number of nitrogens with one attached hydrogen (secondary N) is 1. The third kappa shape index (κ3) is 4.93. The lowest BCUT2D eigenvalue weighted by molar-refractivity contribution is -0.0247. The predicted octanol–water partition coefficient (Wildman–Crippen LogP) is 4.82. The maximum atomic E-state index is 13.8. The molecular formula is C35H35N3O5. The molecule has 2 aromatic carbocycles. The Labute approximate surface area is 249 Å². The minimum atomic E-state index is -0.629. The van der Waals surface area contributed by atoms with Crippen LogP contribution in [0.1, 0.15) is 70.5 Å². The minimum Gasteiger partial charge on any atom is -0.464 e. The van der Waals surface area contributed by atoms with Gasteiger partial charge in [0.2, 0.25) is 0 Å². The number of hydrogen-bond acceptors (Lipinski definition) is 6. The minimum absolute atomic E-state index is 0.0711. The number of ether oxygens (including phenoxy) is 1. The molecule has 0 spiro atoms. The Hall–Kier alpha value is -4.30. The SMILES string of the molecule is COC(=O)c1c(Cc2ccc(C(=O)N[C@@H]3CC[C@@]4(O)CC5C[C@H](C[C@@H]53)C4)cc2)c(=O)c2cccnc2n1-c1ccccc1. The molecule has 4 aromatic rings. The van der Waals surface area contributed by atoms with Crippen molar-refractivity contribution < 1.29 is 19.4 Å². The highest BCUT2D eigenvalue weighted by atomic mass is 16.5. The summed E-state index contributed by atoms with van der Waals surface area (Å²) in [6.45, 7) is 0. The summed E-state index contributed by atoms with van der Waals surface area (Å²) in [5, 5.41) is 14.8. The first-order valence-corrected chi connectivity index (χ1v) is 15.1. The van der Waals surface area contributed by atoms with E-state index in [4.69, 9.17) is 4.74 Å². The van der Waals surface area contributed by atoms with E-state index in [-0.39, 0.29) is 29.5 Å². The molecule has 8 nitrogen and oxygen atoms in total. The number of esters is 1. The number of methoxy groups -OCH3 is 1. The highest BCUT2D eigenvalue weighted by molar-refractivity contribution is 5.95. The molecule has 3 aliphatic carbocycles. The zero-order chi connectivity index (χ0) is 29.7. The highest BCUT2D eigenvalue weighted by Gasteiger charge is 2.52. The summed E-state index contributed by atoms with van der Waals surface area (Å²) in [5.41, 5.74) is 1.98. The molecule has 1 unspecified atom stereocenters. The normalized spacial score (nSPS) is 25.8. The van der Waals surface area contributed by atoms with Crippen LogP contribution in [0, 0.1) is 17.8 Å². The number of hydrogen-bond donors (Lipinski definition) is 2. The molecule has 5 atom stereocenters. The zero-order valence-electron chi connectivity index (χ0n) is 24.2. The van der Waals surface area contributed by atoms with E-state index < -0.39 is 11.6 Å². The molecule has 220 valence electrons. The van der Waals surface area contributed by atoms with E-state index in [0.717, 1.165) is 37.7 Å². The van der Waals surface area contributed by atoms with Crippen LogP contribution in [0.4, 0.5) is 0 Å². The van der Waals surface area contributed by atoms with Gasteiger partial charge in [-0.2, -0.15) is 0 Å². The van der Waals surface area contributed by atoms with Crippen LogP contribution in [-0.4, -0.2) is 45.3 Å². The van der Waals surface area contributed by atoms with Crippen LogP contribution in [-0.2, 0) is 11.2 Å². The van der Waals surface area contributed by atoms with Gasteiger partial charge in [-0.1, -0.05) is 30.3 Å². The van der Waals surface area contributed by atoms with Crippen molar-refractivity contribution in [2.75, 3.05) is 7.11 Å². The molecule has 3 bridgehead atoms. The molecule has 8 heteroatoms. The average Bonchev–Trinajstić information content (AvgIpc) is 3.30. The van der Waals surface area contributed by atoms with E-state index >= 15 is 0 Å². The number of rotatable bonds is 6. The van der Waals surface area contributed by atoms with Gasteiger partial charge in [0.15, 0.2) is 5.43 Å². The quantitative estimate of drug-likeness (QED) is 0.318. The Balaban J connectivity index is 1.19. The number of carbonyl (C=O) groups is 2. The molecule has 1 amide bonds. The third-order valence-electron chi connectivity index (χ3n) is 9.93. The van der Waals surface area contributed by atoms with Crippen molar-refractivity contribution in [1.29, 1.82) is 0 Å². The molecule has 0 radical (unpaired) electrons. The molecule has 3 fully saturated rings. The first kappa shape index (κ1) is 27.5. The summed E-state index contributed by atoms with van der Waals surface area (Å²) in [6.07, 6.45) is 7.33. The number of aromatic nitrogens is 2. The zero-order valence-corrected chi connectivity index (χ0v) is 24.2. The summed E-state index contributed by atoms with van der Waals surface area (Å²) < 4.78 is 6.85. The van der Waals surface area contributed by atoms with Crippen molar-refractivity contribution >= 4 is 22.9 Å². The lowest BCUT2D eigenvalue weighted by atomic mass is 9.76. The molecule has 7 rings (SSSR count).